The summed E-state index contributed by atoms with van der Waals surface area (Å²) in [4.78, 5) is 0. The predicted octanol–water partition coefficient (Wildman–Crippen LogP) is 4.66. The van der Waals surface area contributed by atoms with Gasteiger partial charge in [0.05, 0.1) is 6.61 Å². The van der Waals surface area contributed by atoms with Crippen LogP contribution in [0.4, 0.5) is 0 Å². The number of phenols is 1. The van der Waals surface area contributed by atoms with Gasteiger partial charge in [-0.1, -0.05) is 54.1 Å². The van der Waals surface area contributed by atoms with Gasteiger partial charge in [-0.2, -0.15) is 0 Å². The number of hydrogen-bond acceptors (Lipinski definition) is 3. The van der Waals surface area contributed by atoms with Crippen molar-refractivity contribution in [3.05, 3.63) is 95.1 Å². The van der Waals surface area contributed by atoms with E-state index in [1.54, 1.807) is 12.1 Å². The van der Waals surface area contributed by atoms with Gasteiger partial charge >= 0.3 is 0 Å². The predicted molar refractivity (Wildman–Crippen MR) is 102 cm³/mol. The Bertz CT molecular complexity index is 802. The summed E-state index contributed by atoms with van der Waals surface area (Å²) in [5, 5.41) is 9.63. The van der Waals surface area contributed by atoms with Gasteiger partial charge in [0.1, 0.15) is 24.2 Å². The zero-order chi connectivity index (χ0) is 17.9. The topological polar surface area (TPSA) is 42.0 Å². The smallest absolute Gasteiger partial charge is 0.119 e. The number of aromatic hydroxyl groups is 1. The molecule has 1 heterocycles. The minimum Gasteiger partial charge on any atom is -0.508 e. The third kappa shape index (κ3) is 3.89. The van der Waals surface area contributed by atoms with E-state index in [9.17, 15) is 5.11 Å². The van der Waals surface area contributed by atoms with Gasteiger partial charge in [0.2, 0.25) is 0 Å². The summed E-state index contributed by atoms with van der Waals surface area (Å²) in [5.41, 5.74) is 4.80. The maximum Gasteiger partial charge on any atom is 0.119 e. The molecular weight excluding hydrogens is 324 g/mol. The van der Waals surface area contributed by atoms with Crippen molar-refractivity contribution in [2.24, 2.45) is 0 Å². The summed E-state index contributed by atoms with van der Waals surface area (Å²) in [6.07, 6.45) is 0.256. The number of aryl methyl sites for hydroxylation is 1. The fourth-order valence-corrected chi connectivity index (χ4v) is 3.11. The third-order valence-corrected chi connectivity index (χ3v) is 4.69. The molecule has 0 saturated carbocycles. The van der Waals surface area contributed by atoms with E-state index in [-0.39, 0.29) is 17.8 Å². The van der Waals surface area contributed by atoms with Crippen LogP contribution in [0.1, 0.15) is 28.2 Å². The van der Waals surface area contributed by atoms with Crippen LogP contribution in [-0.4, -0.2) is 24.4 Å². The van der Waals surface area contributed by atoms with Gasteiger partial charge in [-0.05, 0) is 47.9 Å². The Hall–Kier alpha value is -2.78. The van der Waals surface area contributed by atoms with Crippen LogP contribution in [0, 0.1) is 6.92 Å². The lowest BCUT2D eigenvalue weighted by atomic mass is 9.85. The summed E-state index contributed by atoms with van der Waals surface area (Å²) in [7, 11) is 0. The molecule has 0 amide bonds. The highest BCUT2D eigenvalue weighted by molar-refractivity contribution is 5.46. The second-order valence-corrected chi connectivity index (χ2v) is 6.77. The van der Waals surface area contributed by atoms with E-state index in [0.29, 0.717) is 6.61 Å². The van der Waals surface area contributed by atoms with Crippen molar-refractivity contribution in [1.29, 1.82) is 0 Å². The fourth-order valence-electron chi connectivity index (χ4n) is 3.11. The lowest BCUT2D eigenvalue weighted by molar-refractivity contribution is 0.263. The van der Waals surface area contributed by atoms with Crippen molar-refractivity contribution in [2.75, 3.05) is 13.2 Å². The zero-order valence-corrected chi connectivity index (χ0v) is 14.8. The average Bonchev–Trinajstić information content (AvgIpc) is 3.49. The van der Waals surface area contributed by atoms with Crippen LogP contribution in [0.5, 0.6) is 11.5 Å². The minimum absolute atomic E-state index is 0.108. The Labute approximate surface area is 153 Å². The molecular formula is C23H22O3. The molecule has 4 rings (SSSR count). The molecule has 3 nitrogen and oxygen atoms in total. The van der Waals surface area contributed by atoms with E-state index >= 15 is 0 Å². The van der Waals surface area contributed by atoms with E-state index in [2.05, 4.69) is 43.3 Å². The van der Waals surface area contributed by atoms with Crippen LogP contribution in [0.3, 0.4) is 0 Å². The van der Waals surface area contributed by atoms with Crippen molar-refractivity contribution < 1.29 is 14.6 Å². The zero-order valence-electron chi connectivity index (χ0n) is 14.8. The van der Waals surface area contributed by atoms with Crippen molar-refractivity contribution in [2.45, 2.75) is 18.9 Å². The molecule has 0 aliphatic carbocycles. The molecule has 0 aromatic heterocycles. The molecule has 0 bridgehead atoms. The molecule has 0 radical (unpaired) electrons. The Balaban J connectivity index is 1.65. The molecule has 2 unspecified atom stereocenters. The molecule has 1 aliphatic rings. The highest BCUT2D eigenvalue weighted by Gasteiger charge is 2.23. The van der Waals surface area contributed by atoms with Gasteiger partial charge in [0.25, 0.3) is 0 Å². The Morgan fingerprint density at radius 2 is 1.38 bits per heavy atom. The van der Waals surface area contributed by atoms with Crippen LogP contribution in [-0.2, 0) is 4.74 Å². The molecule has 26 heavy (non-hydrogen) atoms. The molecule has 1 aliphatic heterocycles. The number of epoxide rings is 1. The number of rotatable bonds is 6. The van der Waals surface area contributed by atoms with Crippen LogP contribution in [0.2, 0.25) is 0 Å². The van der Waals surface area contributed by atoms with Crippen molar-refractivity contribution in [1.82, 2.24) is 0 Å². The van der Waals surface area contributed by atoms with Crippen molar-refractivity contribution in [3.63, 3.8) is 0 Å². The van der Waals surface area contributed by atoms with Crippen LogP contribution >= 0.6 is 0 Å². The van der Waals surface area contributed by atoms with Crippen LogP contribution < -0.4 is 4.74 Å². The number of phenolic OH excluding ortho intramolecular Hbond substituents is 1. The summed E-state index contributed by atoms with van der Waals surface area (Å²) < 4.78 is 10.9. The number of ether oxygens (including phenoxy) is 2. The van der Waals surface area contributed by atoms with Crippen LogP contribution in [0.15, 0.2) is 72.8 Å². The first kappa shape index (κ1) is 16.7. The Morgan fingerprint density at radius 1 is 0.885 bits per heavy atom. The first-order chi connectivity index (χ1) is 12.7. The molecule has 1 N–H and O–H groups in total. The summed E-state index contributed by atoms with van der Waals surface area (Å²) in [6, 6.07) is 24.3. The maximum atomic E-state index is 9.63. The number of benzene rings is 3. The van der Waals surface area contributed by atoms with E-state index in [1.165, 1.54) is 16.7 Å². The summed E-state index contributed by atoms with van der Waals surface area (Å²) in [5.74, 6) is 1.25. The average molecular weight is 346 g/mol. The lowest BCUT2D eigenvalue weighted by Gasteiger charge is -2.19. The fraction of sp³-hybridized carbons (Fsp3) is 0.217. The molecule has 3 aromatic carbocycles. The van der Waals surface area contributed by atoms with E-state index in [1.807, 2.05) is 24.3 Å². The van der Waals surface area contributed by atoms with E-state index in [4.69, 9.17) is 9.47 Å². The lowest BCUT2D eigenvalue weighted by Crippen LogP contribution is -2.05. The second-order valence-electron chi connectivity index (χ2n) is 6.77. The van der Waals surface area contributed by atoms with E-state index in [0.717, 1.165) is 17.9 Å². The molecule has 3 heteroatoms. The quantitative estimate of drug-likeness (QED) is 0.521. The van der Waals surface area contributed by atoms with Gasteiger partial charge in [-0.25, -0.2) is 0 Å². The largest absolute Gasteiger partial charge is 0.508 e. The van der Waals surface area contributed by atoms with Gasteiger partial charge in [-0.15, -0.1) is 0 Å². The molecule has 0 spiro atoms. The molecule has 3 aromatic rings. The normalized spacial score (nSPS) is 16.9. The van der Waals surface area contributed by atoms with Gasteiger partial charge < -0.3 is 14.6 Å². The Morgan fingerprint density at radius 3 is 1.92 bits per heavy atom. The van der Waals surface area contributed by atoms with Crippen LogP contribution in [0.25, 0.3) is 0 Å². The van der Waals surface area contributed by atoms with E-state index < -0.39 is 0 Å². The molecule has 132 valence electrons. The highest BCUT2D eigenvalue weighted by Crippen LogP contribution is 2.33. The monoisotopic (exact) mass is 346 g/mol. The molecule has 1 saturated heterocycles. The highest BCUT2D eigenvalue weighted by atomic mass is 16.6. The Kier molecular flexibility index (Phi) is 4.63. The first-order valence-corrected chi connectivity index (χ1v) is 8.89. The van der Waals surface area contributed by atoms with Gasteiger partial charge in [0.15, 0.2) is 0 Å². The maximum absolute atomic E-state index is 9.63. The molecule has 1 fully saturated rings. The van der Waals surface area contributed by atoms with Gasteiger partial charge in [-0.3, -0.25) is 0 Å². The minimum atomic E-state index is 0.108. The van der Waals surface area contributed by atoms with Crippen molar-refractivity contribution >= 4 is 0 Å². The standard InChI is InChI=1S/C23H22O3/c1-16-2-4-17(5-3-16)23(18-6-10-20(24)11-7-18)19-8-12-21(13-9-19)25-14-22-15-26-22/h2-13,22-24H,14-15H2,1H3. The third-order valence-electron chi connectivity index (χ3n) is 4.69. The molecule has 2 atom stereocenters. The summed E-state index contributed by atoms with van der Waals surface area (Å²) in [6.45, 7) is 3.50. The number of hydrogen-bond donors (Lipinski definition) is 1. The van der Waals surface area contributed by atoms with Gasteiger partial charge in [0, 0.05) is 5.92 Å². The van der Waals surface area contributed by atoms with Crippen molar-refractivity contribution in [3.8, 4) is 11.5 Å². The second kappa shape index (κ2) is 7.22. The SMILES string of the molecule is Cc1ccc(C(c2ccc(O)cc2)c2ccc(OCC3CO3)cc2)cc1. The summed E-state index contributed by atoms with van der Waals surface area (Å²) >= 11 is 0. The first-order valence-electron chi connectivity index (χ1n) is 8.89.